The number of carbonyl (C=O) groups is 1. The Balaban J connectivity index is 2.06. The van der Waals surface area contributed by atoms with Gasteiger partial charge in [0.25, 0.3) is 8.32 Å². The number of unbranched alkanes of at least 4 members (excludes halogenated alkanes) is 1. The number of alkyl halides is 3. The summed E-state index contributed by atoms with van der Waals surface area (Å²) in [7, 11) is -2.53. The van der Waals surface area contributed by atoms with Crippen LogP contribution in [0.1, 0.15) is 53.4 Å². The molecule has 3 nitrogen and oxygen atoms in total. The van der Waals surface area contributed by atoms with Crippen molar-refractivity contribution in [1.82, 2.24) is 0 Å². The average molecular weight is 530 g/mol. The number of benzene rings is 2. The van der Waals surface area contributed by atoms with Gasteiger partial charge in [0.1, 0.15) is 0 Å². The molecule has 0 aliphatic carbocycles. The number of rotatable bonds is 12. The summed E-state index contributed by atoms with van der Waals surface area (Å²) in [6, 6.07) is 21.2. The van der Waals surface area contributed by atoms with Crippen LogP contribution in [0.3, 0.4) is 0 Å². The summed E-state index contributed by atoms with van der Waals surface area (Å²) in [6.07, 6.45) is 2.53. The van der Waals surface area contributed by atoms with Crippen LogP contribution in [-0.2, 0) is 14.0 Å². The molecule has 0 aliphatic rings. The molecular weight excluding hydrogens is 495 g/mol. The Kier molecular flexibility index (Phi) is 10.8. The van der Waals surface area contributed by atoms with E-state index in [-0.39, 0.29) is 23.4 Å². The maximum atomic E-state index is 11.9. The molecule has 0 radical (unpaired) electrons. The zero-order chi connectivity index (χ0) is 24.5. The van der Waals surface area contributed by atoms with Crippen LogP contribution in [-0.4, -0.2) is 37.2 Å². The first-order valence-corrected chi connectivity index (χ1v) is 14.6. The Morgan fingerprint density at radius 3 is 1.91 bits per heavy atom. The summed E-state index contributed by atoms with van der Waals surface area (Å²) in [5.74, 6) is -0.644. The first-order chi connectivity index (χ1) is 15.5. The molecule has 2 rings (SSSR count). The van der Waals surface area contributed by atoms with Crippen molar-refractivity contribution in [3.05, 3.63) is 60.7 Å². The standard InChI is InChI=1S/C26H35Cl3O3Si/c1-5-31-24(30)26(28,29)20-21(27)14-12-13-19-32-33(25(2,3)4,22-15-8-6-9-16-22)23-17-10-7-11-18-23/h6-11,15-18,21H,5,12-14,19-20H2,1-4H3. The molecule has 0 amide bonds. The van der Waals surface area contributed by atoms with Crippen molar-refractivity contribution in [1.29, 1.82) is 0 Å². The molecule has 0 bridgehead atoms. The highest BCUT2D eigenvalue weighted by Crippen LogP contribution is 2.37. The van der Waals surface area contributed by atoms with Crippen LogP contribution in [0.25, 0.3) is 0 Å². The largest absolute Gasteiger partial charge is 0.464 e. The van der Waals surface area contributed by atoms with Crippen molar-refractivity contribution >= 4 is 59.5 Å². The molecule has 2 aromatic rings. The van der Waals surface area contributed by atoms with Gasteiger partial charge in [0.2, 0.25) is 4.33 Å². The summed E-state index contributed by atoms with van der Waals surface area (Å²) in [4.78, 5) is 11.9. The fraction of sp³-hybridized carbons (Fsp3) is 0.500. The van der Waals surface area contributed by atoms with Gasteiger partial charge < -0.3 is 9.16 Å². The molecule has 0 aromatic heterocycles. The Labute approximate surface area is 214 Å². The SMILES string of the molecule is CCOC(=O)C(Cl)(Cl)CC(Cl)CCCCO[Si](c1ccccc1)(c1ccccc1)C(C)(C)C. The highest BCUT2D eigenvalue weighted by molar-refractivity contribution is 6.99. The van der Waals surface area contributed by atoms with E-state index in [1.54, 1.807) is 6.92 Å². The molecule has 0 heterocycles. The minimum absolute atomic E-state index is 0.0543. The second kappa shape index (κ2) is 12.6. The lowest BCUT2D eigenvalue weighted by molar-refractivity contribution is -0.144. The lowest BCUT2D eigenvalue weighted by atomic mass is 10.1. The van der Waals surface area contributed by atoms with E-state index in [9.17, 15) is 4.79 Å². The topological polar surface area (TPSA) is 35.5 Å². The lowest BCUT2D eigenvalue weighted by Gasteiger charge is -2.43. The maximum absolute atomic E-state index is 11.9. The summed E-state index contributed by atoms with van der Waals surface area (Å²) in [5.41, 5.74) is 0. The minimum Gasteiger partial charge on any atom is -0.464 e. The number of esters is 1. The van der Waals surface area contributed by atoms with Crippen LogP contribution in [0, 0.1) is 0 Å². The van der Waals surface area contributed by atoms with Crippen LogP contribution >= 0.6 is 34.8 Å². The van der Waals surface area contributed by atoms with Gasteiger partial charge in [-0.2, -0.15) is 0 Å². The molecule has 0 saturated carbocycles. The molecule has 1 atom stereocenters. The molecule has 33 heavy (non-hydrogen) atoms. The second-order valence-corrected chi connectivity index (χ2v) is 15.6. The van der Waals surface area contributed by atoms with E-state index < -0.39 is 18.6 Å². The Hall–Kier alpha value is -1.04. The highest BCUT2D eigenvalue weighted by Gasteiger charge is 2.50. The molecule has 182 valence electrons. The van der Waals surface area contributed by atoms with E-state index >= 15 is 0 Å². The fourth-order valence-electron chi connectivity index (χ4n) is 4.15. The van der Waals surface area contributed by atoms with E-state index in [1.807, 2.05) is 12.1 Å². The average Bonchev–Trinajstić information content (AvgIpc) is 2.76. The van der Waals surface area contributed by atoms with Crippen LogP contribution in [0.4, 0.5) is 0 Å². The van der Waals surface area contributed by atoms with Gasteiger partial charge in [-0.3, -0.25) is 0 Å². The zero-order valence-electron chi connectivity index (χ0n) is 20.0. The predicted octanol–water partition coefficient (Wildman–Crippen LogP) is 6.47. The van der Waals surface area contributed by atoms with Gasteiger partial charge in [-0.25, -0.2) is 4.79 Å². The molecule has 0 saturated heterocycles. The third kappa shape index (κ3) is 7.47. The molecule has 0 aliphatic heterocycles. The third-order valence-corrected chi connectivity index (χ3v) is 11.7. The van der Waals surface area contributed by atoms with E-state index in [0.29, 0.717) is 13.0 Å². The minimum atomic E-state index is -2.53. The van der Waals surface area contributed by atoms with Crippen LogP contribution < -0.4 is 10.4 Å². The Morgan fingerprint density at radius 1 is 0.939 bits per heavy atom. The van der Waals surface area contributed by atoms with Gasteiger partial charge in [0, 0.05) is 18.4 Å². The van der Waals surface area contributed by atoms with Gasteiger partial charge in [0.15, 0.2) is 0 Å². The molecule has 0 N–H and O–H groups in total. The van der Waals surface area contributed by atoms with Crippen LogP contribution in [0.15, 0.2) is 60.7 Å². The Morgan fingerprint density at radius 2 is 1.45 bits per heavy atom. The Bertz CT molecular complexity index is 815. The third-order valence-electron chi connectivity index (χ3n) is 5.70. The van der Waals surface area contributed by atoms with E-state index in [2.05, 4.69) is 69.3 Å². The number of halogens is 3. The van der Waals surface area contributed by atoms with E-state index in [0.717, 1.165) is 12.8 Å². The quantitative estimate of drug-likeness (QED) is 0.137. The van der Waals surface area contributed by atoms with Crippen LogP contribution in [0.5, 0.6) is 0 Å². The fourth-order valence-corrected chi connectivity index (χ4v) is 9.79. The van der Waals surface area contributed by atoms with E-state index in [1.165, 1.54) is 10.4 Å². The monoisotopic (exact) mass is 528 g/mol. The number of ether oxygens (including phenoxy) is 1. The van der Waals surface area contributed by atoms with Gasteiger partial charge >= 0.3 is 5.97 Å². The molecule has 2 aromatic carbocycles. The van der Waals surface area contributed by atoms with E-state index in [4.69, 9.17) is 44.0 Å². The predicted molar refractivity (Wildman–Crippen MR) is 143 cm³/mol. The highest BCUT2D eigenvalue weighted by atomic mass is 35.5. The summed E-state index contributed by atoms with van der Waals surface area (Å²) < 4.78 is 10.2. The normalized spacial score (nSPS) is 13.5. The van der Waals surface area contributed by atoms with Crippen molar-refractivity contribution < 1.29 is 14.0 Å². The lowest BCUT2D eigenvalue weighted by Crippen LogP contribution is -2.66. The number of hydrogen-bond donors (Lipinski definition) is 0. The second-order valence-electron chi connectivity index (χ2n) is 9.23. The van der Waals surface area contributed by atoms with Crippen molar-refractivity contribution in [3.8, 4) is 0 Å². The van der Waals surface area contributed by atoms with Crippen molar-refractivity contribution in [2.45, 2.75) is 68.1 Å². The van der Waals surface area contributed by atoms with Crippen molar-refractivity contribution in [2.75, 3.05) is 13.2 Å². The van der Waals surface area contributed by atoms with Gasteiger partial charge in [0.05, 0.1) is 6.61 Å². The first kappa shape index (κ1) is 28.2. The molecule has 1 unspecified atom stereocenters. The van der Waals surface area contributed by atoms with Crippen molar-refractivity contribution in [2.24, 2.45) is 0 Å². The smallest absolute Gasteiger partial charge is 0.342 e. The first-order valence-electron chi connectivity index (χ1n) is 11.5. The zero-order valence-corrected chi connectivity index (χ0v) is 23.2. The molecule has 7 heteroatoms. The number of hydrogen-bond acceptors (Lipinski definition) is 3. The van der Waals surface area contributed by atoms with Crippen LogP contribution in [0.2, 0.25) is 5.04 Å². The summed E-state index contributed by atoms with van der Waals surface area (Å²) in [6.45, 7) is 9.37. The molecule has 0 fully saturated rings. The maximum Gasteiger partial charge on any atom is 0.342 e. The van der Waals surface area contributed by atoms with Gasteiger partial charge in [-0.15, -0.1) is 11.6 Å². The van der Waals surface area contributed by atoms with Gasteiger partial charge in [-0.05, 0) is 41.6 Å². The van der Waals surface area contributed by atoms with Gasteiger partial charge in [-0.1, -0.05) is 105 Å². The molecule has 0 spiro atoms. The number of carbonyl (C=O) groups excluding carboxylic acids is 1. The van der Waals surface area contributed by atoms with Crippen molar-refractivity contribution in [3.63, 3.8) is 0 Å². The molecular formula is C26H35Cl3O3Si. The summed E-state index contributed by atoms with van der Waals surface area (Å²) in [5, 5.41) is 2.16. The summed E-state index contributed by atoms with van der Waals surface area (Å²) >= 11 is 18.7.